The summed E-state index contributed by atoms with van der Waals surface area (Å²) in [5, 5.41) is 9.02. The van der Waals surface area contributed by atoms with E-state index in [-0.39, 0.29) is 6.04 Å². The first kappa shape index (κ1) is 11.5. The Morgan fingerprint density at radius 2 is 2.21 bits per heavy atom. The molecule has 1 rings (SSSR count). The molecule has 0 radical (unpaired) electrons. The molecule has 1 saturated heterocycles. The van der Waals surface area contributed by atoms with E-state index in [0.29, 0.717) is 18.3 Å². The van der Waals surface area contributed by atoms with Crippen molar-refractivity contribution in [1.82, 2.24) is 4.90 Å². The Hall–Kier alpha value is -0.570. The Morgan fingerprint density at radius 1 is 1.57 bits per heavy atom. The molecule has 3 nitrogen and oxygen atoms in total. The third-order valence-corrected chi connectivity index (χ3v) is 3.31. The zero-order chi connectivity index (χ0) is 10.7. The lowest BCUT2D eigenvalue weighted by molar-refractivity contribution is -0.143. The van der Waals surface area contributed by atoms with Crippen LogP contribution in [0.4, 0.5) is 0 Å². The molecule has 1 heterocycles. The van der Waals surface area contributed by atoms with Gasteiger partial charge in [-0.15, -0.1) is 0 Å². The van der Waals surface area contributed by atoms with Gasteiger partial charge in [-0.2, -0.15) is 0 Å². The van der Waals surface area contributed by atoms with Crippen LogP contribution < -0.4 is 0 Å². The number of carbonyl (C=O) groups is 1. The normalized spacial score (nSPS) is 25.6. The Bertz CT molecular complexity index is 203. The molecule has 1 fully saturated rings. The molecule has 0 aromatic carbocycles. The number of carboxylic acids is 1. The summed E-state index contributed by atoms with van der Waals surface area (Å²) in [5.41, 5.74) is 0. The van der Waals surface area contributed by atoms with Crippen LogP contribution in [0.15, 0.2) is 0 Å². The second kappa shape index (κ2) is 4.78. The van der Waals surface area contributed by atoms with E-state index in [2.05, 4.69) is 18.7 Å². The fourth-order valence-electron chi connectivity index (χ4n) is 2.23. The van der Waals surface area contributed by atoms with Crippen molar-refractivity contribution in [3.05, 3.63) is 0 Å². The summed E-state index contributed by atoms with van der Waals surface area (Å²) < 4.78 is 0. The number of hydrogen-bond donors (Lipinski definition) is 1. The van der Waals surface area contributed by atoms with E-state index < -0.39 is 5.97 Å². The molecule has 2 unspecified atom stereocenters. The maximum Gasteiger partial charge on any atom is 0.320 e. The number of aliphatic carboxylic acids is 1. The molecule has 0 aromatic heterocycles. The highest BCUT2D eigenvalue weighted by Crippen LogP contribution is 2.25. The van der Waals surface area contributed by atoms with Gasteiger partial charge in [0, 0.05) is 6.54 Å². The van der Waals surface area contributed by atoms with Crippen LogP contribution in [0.5, 0.6) is 0 Å². The molecule has 1 aliphatic rings. The zero-order valence-electron chi connectivity index (χ0n) is 9.36. The smallest absolute Gasteiger partial charge is 0.320 e. The minimum atomic E-state index is -0.670. The summed E-state index contributed by atoms with van der Waals surface area (Å²) in [6.45, 7) is 8.30. The van der Waals surface area contributed by atoms with Crippen molar-refractivity contribution in [3.63, 3.8) is 0 Å². The SMILES string of the molecule is CCC(C(=O)O)N1CCC(C(C)C)C1. The van der Waals surface area contributed by atoms with E-state index in [0.717, 1.165) is 19.5 Å². The molecule has 14 heavy (non-hydrogen) atoms. The first-order valence-corrected chi connectivity index (χ1v) is 5.53. The summed E-state index contributed by atoms with van der Waals surface area (Å²) >= 11 is 0. The van der Waals surface area contributed by atoms with Crippen molar-refractivity contribution >= 4 is 5.97 Å². The van der Waals surface area contributed by atoms with Gasteiger partial charge in [0.05, 0.1) is 0 Å². The van der Waals surface area contributed by atoms with Crippen LogP contribution in [-0.2, 0) is 4.79 Å². The first-order chi connectivity index (χ1) is 6.56. The number of rotatable bonds is 4. The summed E-state index contributed by atoms with van der Waals surface area (Å²) in [7, 11) is 0. The summed E-state index contributed by atoms with van der Waals surface area (Å²) in [5.74, 6) is 0.687. The van der Waals surface area contributed by atoms with Crippen molar-refractivity contribution in [2.24, 2.45) is 11.8 Å². The molecular weight excluding hydrogens is 178 g/mol. The fraction of sp³-hybridized carbons (Fsp3) is 0.909. The van der Waals surface area contributed by atoms with Gasteiger partial charge in [0.2, 0.25) is 0 Å². The predicted molar refractivity (Wildman–Crippen MR) is 56.2 cm³/mol. The van der Waals surface area contributed by atoms with E-state index >= 15 is 0 Å². The molecule has 0 aliphatic carbocycles. The standard InChI is InChI=1S/C11H21NO2/c1-4-10(11(13)14)12-6-5-9(7-12)8(2)3/h8-10H,4-7H2,1-3H3,(H,13,14). The van der Waals surface area contributed by atoms with Crippen molar-refractivity contribution in [2.75, 3.05) is 13.1 Å². The van der Waals surface area contributed by atoms with E-state index in [9.17, 15) is 4.79 Å². The van der Waals surface area contributed by atoms with E-state index in [1.807, 2.05) is 6.92 Å². The van der Waals surface area contributed by atoms with Crippen molar-refractivity contribution in [3.8, 4) is 0 Å². The van der Waals surface area contributed by atoms with Gasteiger partial charge in [-0.3, -0.25) is 9.69 Å². The molecule has 0 bridgehead atoms. The molecule has 2 atom stereocenters. The second-order valence-electron chi connectivity index (χ2n) is 4.55. The number of likely N-dealkylation sites (tertiary alicyclic amines) is 1. The van der Waals surface area contributed by atoms with Crippen molar-refractivity contribution in [1.29, 1.82) is 0 Å². The van der Waals surface area contributed by atoms with Crippen LogP contribution in [0, 0.1) is 11.8 Å². The minimum Gasteiger partial charge on any atom is -0.480 e. The second-order valence-corrected chi connectivity index (χ2v) is 4.55. The Morgan fingerprint density at radius 3 is 2.57 bits per heavy atom. The van der Waals surface area contributed by atoms with E-state index in [1.165, 1.54) is 0 Å². The van der Waals surface area contributed by atoms with Gasteiger partial charge >= 0.3 is 5.97 Å². The molecule has 0 spiro atoms. The maximum absolute atomic E-state index is 11.0. The van der Waals surface area contributed by atoms with Gasteiger partial charge in [0.25, 0.3) is 0 Å². The molecule has 1 N–H and O–H groups in total. The molecule has 0 aromatic rings. The van der Waals surface area contributed by atoms with Crippen molar-refractivity contribution in [2.45, 2.75) is 39.7 Å². The predicted octanol–water partition coefficient (Wildman–Crippen LogP) is 1.83. The van der Waals surface area contributed by atoms with Crippen LogP contribution >= 0.6 is 0 Å². The van der Waals surface area contributed by atoms with Gasteiger partial charge < -0.3 is 5.11 Å². The highest BCUT2D eigenvalue weighted by atomic mass is 16.4. The lowest BCUT2D eigenvalue weighted by atomic mass is 9.95. The molecule has 0 saturated carbocycles. The largest absolute Gasteiger partial charge is 0.480 e. The molecule has 3 heteroatoms. The lowest BCUT2D eigenvalue weighted by Gasteiger charge is -2.23. The molecule has 82 valence electrons. The average Bonchev–Trinajstić information content (AvgIpc) is 2.53. The lowest BCUT2D eigenvalue weighted by Crippen LogP contribution is -2.39. The van der Waals surface area contributed by atoms with Crippen LogP contribution in [-0.4, -0.2) is 35.1 Å². The van der Waals surface area contributed by atoms with Gasteiger partial charge in [0.1, 0.15) is 6.04 Å². The Labute approximate surface area is 86.1 Å². The number of carboxylic acid groups (broad SMARTS) is 1. The van der Waals surface area contributed by atoms with Crippen LogP contribution in [0.2, 0.25) is 0 Å². The van der Waals surface area contributed by atoms with Crippen LogP contribution in [0.1, 0.15) is 33.6 Å². The fourth-order valence-corrected chi connectivity index (χ4v) is 2.23. The monoisotopic (exact) mass is 199 g/mol. The average molecular weight is 199 g/mol. The summed E-state index contributed by atoms with van der Waals surface area (Å²) in [4.78, 5) is 13.1. The third-order valence-electron chi connectivity index (χ3n) is 3.31. The van der Waals surface area contributed by atoms with Gasteiger partial charge in [-0.05, 0) is 31.2 Å². The Balaban J connectivity index is 2.51. The summed E-state index contributed by atoms with van der Waals surface area (Å²) in [6, 6.07) is -0.265. The van der Waals surface area contributed by atoms with Crippen LogP contribution in [0.3, 0.4) is 0 Å². The van der Waals surface area contributed by atoms with Gasteiger partial charge in [-0.25, -0.2) is 0 Å². The number of nitrogens with zero attached hydrogens (tertiary/aromatic N) is 1. The zero-order valence-corrected chi connectivity index (χ0v) is 9.36. The first-order valence-electron chi connectivity index (χ1n) is 5.53. The van der Waals surface area contributed by atoms with E-state index in [1.54, 1.807) is 0 Å². The third kappa shape index (κ3) is 2.47. The number of hydrogen-bond acceptors (Lipinski definition) is 2. The maximum atomic E-state index is 11.0. The van der Waals surface area contributed by atoms with Crippen LogP contribution in [0.25, 0.3) is 0 Å². The van der Waals surface area contributed by atoms with Crippen molar-refractivity contribution < 1.29 is 9.90 Å². The molecule has 1 aliphatic heterocycles. The molecular formula is C11H21NO2. The van der Waals surface area contributed by atoms with Gasteiger partial charge in [0.15, 0.2) is 0 Å². The van der Waals surface area contributed by atoms with E-state index in [4.69, 9.17) is 5.11 Å². The quantitative estimate of drug-likeness (QED) is 0.751. The minimum absolute atomic E-state index is 0.265. The van der Waals surface area contributed by atoms with Gasteiger partial charge in [-0.1, -0.05) is 20.8 Å². The highest BCUT2D eigenvalue weighted by molar-refractivity contribution is 5.73. The summed E-state index contributed by atoms with van der Waals surface area (Å²) in [6.07, 6.45) is 1.86. The topological polar surface area (TPSA) is 40.5 Å². The Kier molecular flexibility index (Phi) is 3.93. The molecule has 0 amide bonds. The highest BCUT2D eigenvalue weighted by Gasteiger charge is 2.32.